The zero-order valence-electron chi connectivity index (χ0n) is 17.1. The predicted octanol–water partition coefficient (Wildman–Crippen LogP) is 6.76. The Kier molecular flexibility index (Phi) is 10.5. The third kappa shape index (κ3) is 8.06. The summed E-state index contributed by atoms with van der Waals surface area (Å²) in [5, 5.41) is 5.44. The maximum Gasteiger partial charge on any atom is 0.0737 e. The fourth-order valence-corrected chi connectivity index (χ4v) is 3.73. The lowest BCUT2D eigenvalue weighted by Crippen LogP contribution is -2.23. The molecule has 0 bridgehead atoms. The molecular formula is C23H36ClN3. The Bertz CT molecular complexity index is 655. The molecule has 4 heteroatoms. The highest BCUT2D eigenvalue weighted by molar-refractivity contribution is 6.31. The average molecular weight is 390 g/mol. The van der Waals surface area contributed by atoms with E-state index in [1.165, 1.54) is 71.0 Å². The van der Waals surface area contributed by atoms with Crippen molar-refractivity contribution in [2.45, 2.75) is 65.2 Å². The smallest absolute Gasteiger partial charge is 0.0737 e. The number of unbranched alkanes of at least 4 members (excludes halogenated alkanes) is 7. The molecule has 0 saturated heterocycles. The lowest BCUT2D eigenvalue weighted by molar-refractivity contribution is 0.295. The van der Waals surface area contributed by atoms with E-state index in [1.54, 1.807) is 0 Å². The van der Waals surface area contributed by atoms with Crippen LogP contribution in [0.1, 0.15) is 65.2 Å². The summed E-state index contributed by atoms with van der Waals surface area (Å²) >= 11 is 6.05. The van der Waals surface area contributed by atoms with Gasteiger partial charge in [0, 0.05) is 28.8 Å². The molecule has 0 atom stereocenters. The van der Waals surface area contributed by atoms with Gasteiger partial charge in [0.25, 0.3) is 0 Å². The molecule has 3 nitrogen and oxygen atoms in total. The Morgan fingerprint density at radius 3 is 2.26 bits per heavy atom. The fraction of sp³-hybridized carbons (Fsp3) is 0.609. The molecule has 0 radical (unpaired) electrons. The molecule has 2 rings (SSSR count). The average Bonchev–Trinajstić information content (AvgIpc) is 2.68. The summed E-state index contributed by atoms with van der Waals surface area (Å²) in [5.41, 5.74) is 2.11. The minimum absolute atomic E-state index is 0.736. The minimum Gasteiger partial charge on any atom is -0.384 e. The van der Waals surface area contributed by atoms with Gasteiger partial charge < -0.3 is 10.2 Å². The van der Waals surface area contributed by atoms with Gasteiger partial charge in [-0.05, 0) is 56.7 Å². The Hall–Kier alpha value is -1.32. The zero-order valence-corrected chi connectivity index (χ0v) is 17.9. The number of nitrogens with zero attached hydrogens (tertiary/aromatic N) is 2. The maximum atomic E-state index is 6.05. The number of pyridine rings is 1. The first-order chi connectivity index (χ1) is 13.2. The first-order valence-corrected chi connectivity index (χ1v) is 11.1. The molecule has 0 saturated carbocycles. The molecule has 27 heavy (non-hydrogen) atoms. The molecule has 1 N–H and O–H groups in total. The maximum absolute atomic E-state index is 6.05. The number of hydrogen-bond donors (Lipinski definition) is 1. The van der Waals surface area contributed by atoms with Crippen LogP contribution in [0, 0.1) is 0 Å². The lowest BCUT2D eigenvalue weighted by atomic mass is 10.1. The molecule has 0 aliphatic carbocycles. The lowest BCUT2D eigenvalue weighted by Gasteiger charge is -2.17. The van der Waals surface area contributed by atoms with Crippen LogP contribution in [0.4, 0.5) is 5.69 Å². The van der Waals surface area contributed by atoms with Gasteiger partial charge in [0.05, 0.1) is 5.52 Å². The topological polar surface area (TPSA) is 28.2 Å². The highest BCUT2D eigenvalue weighted by Gasteiger charge is 2.02. The summed E-state index contributed by atoms with van der Waals surface area (Å²) in [6.45, 7) is 9.18. The molecule has 0 fully saturated rings. The highest BCUT2D eigenvalue weighted by Crippen LogP contribution is 2.24. The van der Waals surface area contributed by atoms with E-state index >= 15 is 0 Å². The molecule has 150 valence electrons. The van der Waals surface area contributed by atoms with Crippen LogP contribution in [-0.2, 0) is 0 Å². The standard InChI is InChI=1S/C23H36ClN3/c1-3-27(4-2)18-12-10-8-6-5-7-9-11-16-25-22-15-17-26-23-19-20(24)13-14-21(22)23/h13-15,17,19H,3-12,16,18H2,1-2H3,(H,25,26). The molecule has 0 aliphatic heterocycles. The molecule has 0 aliphatic rings. The summed E-state index contributed by atoms with van der Waals surface area (Å²) < 4.78 is 0. The van der Waals surface area contributed by atoms with Crippen molar-refractivity contribution in [1.29, 1.82) is 0 Å². The molecular weight excluding hydrogens is 354 g/mol. The van der Waals surface area contributed by atoms with E-state index in [4.69, 9.17) is 11.6 Å². The zero-order chi connectivity index (χ0) is 19.3. The van der Waals surface area contributed by atoms with Crippen molar-refractivity contribution in [3.05, 3.63) is 35.5 Å². The van der Waals surface area contributed by atoms with E-state index in [-0.39, 0.29) is 0 Å². The first-order valence-electron chi connectivity index (χ1n) is 10.7. The van der Waals surface area contributed by atoms with Crippen molar-refractivity contribution in [2.24, 2.45) is 0 Å². The largest absolute Gasteiger partial charge is 0.384 e. The van der Waals surface area contributed by atoms with E-state index < -0.39 is 0 Å². The summed E-state index contributed by atoms with van der Waals surface area (Å²) in [7, 11) is 0. The van der Waals surface area contributed by atoms with Crippen LogP contribution < -0.4 is 5.32 Å². The molecule has 0 spiro atoms. The quantitative estimate of drug-likeness (QED) is 0.361. The summed E-state index contributed by atoms with van der Waals surface area (Å²) in [5.74, 6) is 0. The monoisotopic (exact) mass is 389 g/mol. The van der Waals surface area contributed by atoms with Crippen molar-refractivity contribution >= 4 is 28.2 Å². The van der Waals surface area contributed by atoms with Crippen molar-refractivity contribution < 1.29 is 0 Å². The van der Waals surface area contributed by atoms with Crippen LogP contribution in [0.2, 0.25) is 5.02 Å². The fourth-order valence-electron chi connectivity index (χ4n) is 3.56. The van der Waals surface area contributed by atoms with Crippen molar-refractivity contribution in [1.82, 2.24) is 9.88 Å². The number of rotatable bonds is 14. The molecule has 0 unspecified atom stereocenters. The van der Waals surface area contributed by atoms with Gasteiger partial charge in [-0.2, -0.15) is 0 Å². The van der Waals surface area contributed by atoms with E-state index in [9.17, 15) is 0 Å². The van der Waals surface area contributed by atoms with Crippen LogP contribution in [0.15, 0.2) is 30.5 Å². The summed E-state index contributed by atoms with van der Waals surface area (Å²) in [6.07, 6.45) is 12.6. The van der Waals surface area contributed by atoms with Gasteiger partial charge in [0.15, 0.2) is 0 Å². The third-order valence-corrected chi connectivity index (χ3v) is 5.55. The number of benzene rings is 1. The summed E-state index contributed by atoms with van der Waals surface area (Å²) in [4.78, 5) is 6.92. The molecule has 1 aromatic carbocycles. The normalized spacial score (nSPS) is 11.4. The second-order valence-electron chi connectivity index (χ2n) is 7.30. The molecule has 0 amide bonds. The first kappa shape index (κ1) is 22.0. The van der Waals surface area contributed by atoms with E-state index in [1.807, 2.05) is 24.4 Å². The van der Waals surface area contributed by atoms with Crippen molar-refractivity contribution in [2.75, 3.05) is 31.5 Å². The van der Waals surface area contributed by atoms with E-state index in [2.05, 4.69) is 35.1 Å². The Morgan fingerprint density at radius 1 is 0.889 bits per heavy atom. The van der Waals surface area contributed by atoms with Crippen LogP contribution in [0.5, 0.6) is 0 Å². The van der Waals surface area contributed by atoms with Gasteiger partial charge in [0.2, 0.25) is 0 Å². The minimum atomic E-state index is 0.736. The third-order valence-electron chi connectivity index (χ3n) is 5.32. The van der Waals surface area contributed by atoms with E-state index in [0.29, 0.717) is 0 Å². The van der Waals surface area contributed by atoms with Crippen molar-refractivity contribution in [3.8, 4) is 0 Å². The van der Waals surface area contributed by atoms with Gasteiger partial charge in [-0.15, -0.1) is 0 Å². The highest BCUT2D eigenvalue weighted by atomic mass is 35.5. The van der Waals surface area contributed by atoms with Crippen molar-refractivity contribution in [3.63, 3.8) is 0 Å². The van der Waals surface area contributed by atoms with Gasteiger partial charge in [-0.1, -0.05) is 64.0 Å². The number of anilines is 1. The Balaban J connectivity index is 1.51. The number of aromatic nitrogens is 1. The van der Waals surface area contributed by atoms with Gasteiger partial charge in [-0.25, -0.2) is 0 Å². The second-order valence-corrected chi connectivity index (χ2v) is 7.74. The summed E-state index contributed by atoms with van der Waals surface area (Å²) in [6, 6.07) is 7.95. The van der Waals surface area contributed by atoms with Gasteiger partial charge >= 0.3 is 0 Å². The molecule has 1 aromatic heterocycles. The van der Waals surface area contributed by atoms with Gasteiger partial charge in [-0.3, -0.25) is 4.98 Å². The number of nitrogens with one attached hydrogen (secondary N) is 1. The predicted molar refractivity (Wildman–Crippen MR) is 120 cm³/mol. The second kappa shape index (κ2) is 13.0. The number of fused-ring (bicyclic) bond motifs is 1. The number of hydrogen-bond acceptors (Lipinski definition) is 3. The van der Waals surface area contributed by atoms with Crippen LogP contribution in [0.25, 0.3) is 10.9 Å². The Labute approximate surface area is 170 Å². The van der Waals surface area contributed by atoms with E-state index in [0.717, 1.165) is 28.2 Å². The Morgan fingerprint density at radius 2 is 1.56 bits per heavy atom. The molecule has 1 heterocycles. The van der Waals surface area contributed by atoms with Gasteiger partial charge in [0.1, 0.15) is 0 Å². The SMILES string of the molecule is CCN(CC)CCCCCCCCCCNc1ccnc2cc(Cl)ccc12. The van der Waals surface area contributed by atoms with Crippen LogP contribution in [0.3, 0.4) is 0 Å². The molecule has 2 aromatic rings. The number of halogens is 1. The van der Waals surface area contributed by atoms with Crippen LogP contribution >= 0.6 is 11.6 Å². The van der Waals surface area contributed by atoms with Crippen LogP contribution in [-0.4, -0.2) is 36.1 Å².